The highest BCUT2D eigenvalue weighted by Crippen LogP contribution is 2.25. The highest BCUT2D eigenvalue weighted by atomic mass is 35.5. The summed E-state index contributed by atoms with van der Waals surface area (Å²) in [5, 5.41) is 2.72. The van der Waals surface area contributed by atoms with E-state index in [1.165, 1.54) is 6.07 Å². The van der Waals surface area contributed by atoms with Crippen molar-refractivity contribution in [3.63, 3.8) is 0 Å². The van der Waals surface area contributed by atoms with Crippen molar-refractivity contribution in [3.8, 4) is 0 Å². The van der Waals surface area contributed by atoms with Crippen LogP contribution in [-0.2, 0) is 4.79 Å². The molecule has 1 saturated carbocycles. The molecule has 0 aliphatic heterocycles. The number of nitrogens with one attached hydrogen (secondary N) is 1. The van der Waals surface area contributed by atoms with Gasteiger partial charge in [-0.3, -0.25) is 4.79 Å². The largest absolute Gasteiger partial charge is 0.327 e. The van der Waals surface area contributed by atoms with Crippen molar-refractivity contribution in [2.75, 3.05) is 5.32 Å². The van der Waals surface area contributed by atoms with Crippen LogP contribution in [0.3, 0.4) is 0 Å². The molecule has 5 heteroatoms. The van der Waals surface area contributed by atoms with Crippen LogP contribution in [0.15, 0.2) is 18.2 Å². The van der Waals surface area contributed by atoms with E-state index in [4.69, 9.17) is 5.73 Å². The fourth-order valence-electron chi connectivity index (χ4n) is 2.22. The van der Waals surface area contributed by atoms with Gasteiger partial charge in [-0.05, 0) is 37.5 Å². The third-order valence-electron chi connectivity index (χ3n) is 3.35. The van der Waals surface area contributed by atoms with Gasteiger partial charge in [0.05, 0.1) is 5.92 Å². The van der Waals surface area contributed by atoms with Crippen LogP contribution in [-0.4, -0.2) is 11.9 Å². The van der Waals surface area contributed by atoms with E-state index < -0.39 is 0 Å². The Kier molecular flexibility index (Phi) is 5.11. The zero-order valence-electron chi connectivity index (χ0n) is 10.3. The first-order chi connectivity index (χ1) is 8.08. The number of amides is 1. The van der Waals surface area contributed by atoms with Crippen molar-refractivity contribution >= 4 is 24.0 Å². The molecule has 2 rings (SSSR count). The molecule has 0 bridgehead atoms. The smallest absolute Gasteiger partial charge is 0.229 e. The maximum atomic E-state index is 13.3. The summed E-state index contributed by atoms with van der Waals surface area (Å²) >= 11 is 0. The molecule has 18 heavy (non-hydrogen) atoms. The number of hydrogen-bond acceptors (Lipinski definition) is 2. The summed E-state index contributed by atoms with van der Waals surface area (Å²) in [4.78, 5) is 11.9. The second-order valence-electron chi connectivity index (χ2n) is 4.65. The molecule has 3 N–H and O–H groups in total. The van der Waals surface area contributed by atoms with Crippen molar-refractivity contribution in [1.29, 1.82) is 0 Å². The van der Waals surface area contributed by atoms with Gasteiger partial charge < -0.3 is 11.1 Å². The van der Waals surface area contributed by atoms with Crippen molar-refractivity contribution in [3.05, 3.63) is 29.6 Å². The van der Waals surface area contributed by atoms with Gasteiger partial charge in [0.15, 0.2) is 0 Å². The molecule has 1 aromatic rings. The van der Waals surface area contributed by atoms with E-state index >= 15 is 0 Å². The Balaban J connectivity index is 0.00000162. The highest BCUT2D eigenvalue weighted by molar-refractivity contribution is 5.93. The summed E-state index contributed by atoms with van der Waals surface area (Å²) in [6.45, 7) is 1.69. The van der Waals surface area contributed by atoms with E-state index in [9.17, 15) is 9.18 Å². The Morgan fingerprint density at radius 2 is 2.17 bits per heavy atom. The van der Waals surface area contributed by atoms with Gasteiger partial charge in [-0.15, -0.1) is 12.4 Å². The Labute approximate surface area is 112 Å². The van der Waals surface area contributed by atoms with Gasteiger partial charge in [0, 0.05) is 11.7 Å². The minimum Gasteiger partial charge on any atom is -0.327 e. The molecule has 0 spiro atoms. The zero-order chi connectivity index (χ0) is 12.4. The topological polar surface area (TPSA) is 55.1 Å². The quantitative estimate of drug-likeness (QED) is 0.870. The lowest BCUT2D eigenvalue weighted by Gasteiger charge is -2.15. The maximum absolute atomic E-state index is 13.3. The Hall–Kier alpha value is -1.13. The molecule has 1 aromatic carbocycles. The number of benzene rings is 1. The molecule has 0 aromatic heterocycles. The van der Waals surface area contributed by atoms with Crippen LogP contribution in [0.25, 0.3) is 0 Å². The van der Waals surface area contributed by atoms with Crippen molar-refractivity contribution in [2.24, 2.45) is 11.7 Å². The highest BCUT2D eigenvalue weighted by Gasteiger charge is 2.30. The van der Waals surface area contributed by atoms with Gasteiger partial charge in [0.25, 0.3) is 0 Å². The Bertz CT molecular complexity index is 439. The SMILES string of the molecule is Cc1ccc(NC(=O)C2CCCC2N)cc1F.Cl. The molecular weight excluding hydrogens is 255 g/mol. The Morgan fingerprint density at radius 3 is 2.72 bits per heavy atom. The normalized spacial score (nSPS) is 22.4. The van der Waals surface area contributed by atoms with Gasteiger partial charge >= 0.3 is 0 Å². The van der Waals surface area contributed by atoms with E-state index in [1.807, 2.05) is 0 Å². The molecule has 1 aliphatic carbocycles. The second kappa shape index (κ2) is 6.16. The van der Waals surface area contributed by atoms with E-state index in [1.54, 1.807) is 19.1 Å². The molecular formula is C13H18ClFN2O. The predicted octanol–water partition coefficient (Wildman–Crippen LogP) is 2.62. The molecule has 2 atom stereocenters. The number of carbonyl (C=O) groups excluding carboxylic acids is 1. The maximum Gasteiger partial charge on any atom is 0.229 e. The number of nitrogens with two attached hydrogens (primary N) is 1. The molecule has 0 saturated heterocycles. The van der Waals surface area contributed by atoms with E-state index in [0.29, 0.717) is 11.3 Å². The van der Waals surface area contributed by atoms with E-state index in [-0.39, 0.29) is 36.1 Å². The van der Waals surface area contributed by atoms with Gasteiger partial charge in [0.1, 0.15) is 5.82 Å². The number of hydrogen-bond donors (Lipinski definition) is 2. The van der Waals surface area contributed by atoms with Gasteiger partial charge in [-0.25, -0.2) is 4.39 Å². The van der Waals surface area contributed by atoms with Crippen molar-refractivity contribution in [2.45, 2.75) is 32.2 Å². The summed E-state index contributed by atoms with van der Waals surface area (Å²) in [6.07, 6.45) is 2.70. The van der Waals surface area contributed by atoms with Crippen molar-refractivity contribution < 1.29 is 9.18 Å². The summed E-state index contributed by atoms with van der Waals surface area (Å²) in [5.41, 5.74) is 6.92. The number of aryl methyl sites for hydroxylation is 1. The Morgan fingerprint density at radius 1 is 1.44 bits per heavy atom. The monoisotopic (exact) mass is 272 g/mol. The molecule has 1 aliphatic rings. The molecule has 3 nitrogen and oxygen atoms in total. The van der Waals surface area contributed by atoms with Crippen LogP contribution in [0, 0.1) is 18.7 Å². The fourth-order valence-corrected chi connectivity index (χ4v) is 2.22. The van der Waals surface area contributed by atoms with Gasteiger partial charge in [0.2, 0.25) is 5.91 Å². The first-order valence-electron chi connectivity index (χ1n) is 5.90. The van der Waals surface area contributed by atoms with Gasteiger partial charge in [-0.2, -0.15) is 0 Å². The zero-order valence-corrected chi connectivity index (χ0v) is 11.1. The molecule has 1 amide bonds. The molecule has 2 unspecified atom stereocenters. The van der Waals surface area contributed by atoms with E-state index in [0.717, 1.165) is 19.3 Å². The molecule has 100 valence electrons. The summed E-state index contributed by atoms with van der Waals surface area (Å²) in [5.74, 6) is -0.545. The number of halogens is 2. The second-order valence-corrected chi connectivity index (χ2v) is 4.65. The molecule has 0 heterocycles. The average Bonchev–Trinajstić information content (AvgIpc) is 2.70. The van der Waals surface area contributed by atoms with Crippen molar-refractivity contribution in [1.82, 2.24) is 0 Å². The van der Waals surface area contributed by atoms with Gasteiger partial charge in [-0.1, -0.05) is 12.5 Å². The summed E-state index contributed by atoms with van der Waals surface area (Å²) < 4.78 is 13.3. The third-order valence-corrected chi connectivity index (χ3v) is 3.35. The van der Waals surface area contributed by atoms with Crippen LogP contribution in [0.1, 0.15) is 24.8 Å². The minimum atomic E-state index is -0.307. The lowest BCUT2D eigenvalue weighted by molar-refractivity contribution is -0.120. The average molecular weight is 273 g/mol. The van der Waals surface area contributed by atoms with Crippen LogP contribution in [0.2, 0.25) is 0 Å². The summed E-state index contributed by atoms with van der Waals surface area (Å²) in [6, 6.07) is 4.63. The lowest BCUT2D eigenvalue weighted by atomic mass is 10.0. The van der Waals surface area contributed by atoms with Crippen LogP contribution in [0.5, 0.6) is 0 Å². The number of anilines is 1. The number of carbonyl (C=O) groups is 1. The lowest BCUT2D eigenvalue weighted by Crippen LogP contribution is -2.34. The third kappa shape index (κ3) is 3.21. The predicted molar refractivity (Wildman–Crippen MR) is 72.3 cm³/mol. The number of rotatable bonds is 2. The first-order valence-corrected chi connectivity index (χ1v) is 5.90. The first kappa shape index (κ1) is 14.9. The van der Waals surface area contributed by atoms with Crippen LogP contribution >= 0.6 is 12.4 Å². The standard InChI is InChI=1S/C13H17FN2O.ClH/c1-8-5-6-9(7-11(8)14)16-13(17)10-3-2-4-12(10)15;/h5-7,10,12H,2-4,15H2,1H3,(H,16,17);1H. The van der Waals surface area contributed by atoms with Crippen LogP contribution < -0.4 is 11.1 Å². The molecule has 1 fully saturated rings. The summed E-state index contributed by atoms with van der Waals surface area (Å²) in [7, 11) is 0. The van der Waals surface area contributed by atoms with E-state index in [2.05, 4.69) is 5.32 Å². The van der Waals surface area contributed by atoms with Crippen LogP contribution in [0.4, 0.5) is 10.1 Å². The minimum absolute atomic E-state index is 0. The molecule has 0 radical (unpaired) electrons. The fraction of sp³-hybridized carbons (Fsp3) is 0.462.